The molecule has 1 aliphatic rings. The Hall–Kier alpha value is -1.70. The van der Waals surface area contributed by atoms with Gasteiger partial charge in [0, 0.05) is 25.2 Å². The molecular formula is C16H21N3O3S. The van der Waals surface area contributed by atoms with Crippen LogP contribution in [-0.4, -0.2) is 38.4 Å². The van der Waals surface area contributed by atoms with E-state index in [2.05, 4.69) is 27.1 Å². The molecule has 23 heavy (non-hydrogen) atoms. The first kappa shape index (κ1) is 16.2. The second-order valence-electron chi connectivity index (χ2n) is 5.94. The van der Waals surface area contributed by atoms with E-state index in [0.29, 0.717) is 25.5 Å². The number of H-pyrrole nitrogens is 1. The van der Waals surface area contributed by atoms with Crippen LogP contribution in [0, 0.1) is 6.92 Å². The number of nitrogens with zero attached hydrogens (tertiary/aromatic N) is 1. The molecule has 1 aromatic carbocycles. The highest BCUT2D eigenvalue weighted by molar-refractivity contribution is 7.89. The predicted octanol–water partition coefficient (Wildman–Crippen LogP) is 1.74. The molecule has 1 aliphatic heterocycles. The smallest absolute Gasteiger partial charge is 0.243 e. The lowest BCUT2D eigenvalue weighted by atomic mass is 9.74. The topological polar surface area (TPSA) is 84.1 Å². The number of sulfonamides is 1. The zero-order valence-corrected chi connectivity index (χ0v) is 13.9. The molecule has 1 saturated heterocycles. The Morgan fingerprint density at radius 3 is 2.57 bits per heavy atom. The molecule has 124 valence electrons. The summed E-state index contributed by atoms with van der Waals surface area (Å²) < 4.78 is 33.3. The molecule has 0 spiro atoms. The second kappa shape index (κ2) is 6.43. The number of ether oxygens (including phenoxy) is 1. The largest absolute Gasteiger partial charge is 0.381 e. The van der Waals surface area contributed by atoms with Crippen molar-refractivity contribution in [3.63, 3.8) is 0 Å². The lowest BCUT2D eigenvalue weighted by Gasteiger charge is -2.37. The van der Waals surface area contributed by atoms with Gasteiger partial charge >= 0.3 is 0 Å². The molecular weight excluding hydrogens is 314 g/mol. The molecule has 3 rings (SSSR count). The number of rotatable bonds is 5. The van der Waals surface area contributed by atoms with Crippen molar-refractivity contribution in [3.05, 3.63) is 47.8 Å². The van der Waals surface area contributed by atoms with Gasteiger partial charge in [-0.1, -0.05) is 30.3 Å². The Kier molecular flexibility index (Phi) is 4.52. The van der Waals surface area contributed by atoms with Gasteiger partial charge in [0.25, 0.3) is 0 Å². The van der Waals surface area contributed by atoms with E-state index in [9.17, 15) is 8.42 Å². The minimum absolute atomic E-state index is 0.202. The number of hydrogen-bond donors (Lipinski definition) is 2. The van der Waals surface area contributed by atoms with Gasteiger partial charge in [0.15, 0.2) is 0 Å². The predicted molar refractivity (Wildman–Crippen MR) is 86.7 cm³/mol. The molecule has 0 radical (unpaired) electrons. The average Bonchev–Trinajstić information content (AvgIpc) is 3.02. The molecule has 2 N–H and O–H groups in total. The minimum Gasteiger partial charge on any atom is -0.381 e. The number of aryl methyl sites for hydroxylation is 1. The number of aromatic nitrogens is 2. The highest BCUT2D eigenvalue weighted by atomic mass is 32.2. The van der Waals surface area contributed by atoms with Gasteiger partial charge in [0.2, 0.25) is 10.0 Å². The van der Waals surface area contributed by atoms with Gasteiger partial charge in [0.05, 0.1) is 11.9 Å². The molecule has 2 aromatic rings. The highest BCUT2D eigenvalue weighted by Gasteiger charge is 2.36. The summed E-state index contributed by atoms with van der Waals surface area (Å²) in [5, 5.41) is 6.46. The SMILES string of the molecule is Cc1[nH]ncc1S(=O)(=O)NCC1(c2ccccc2)CCOCC1. The normalized spacial score (nSPS) is 18.0. The van der Waals surface area contributed by atoms with Crippen molar-refractivity contribution in [1.29, 1.82) is 0 Å². The van der Waals surface area contributed by atoms with Gasteiger partial charge in [-0.25, -0.2) is 13.1 Å². The van der Waals surface area contributed by atoms with E-state index < -0.39 is 10.0 Å². The maximum absolute atomic E-state index is 12.5. The van der Waals surface area contributed by atoms with Crippen LogP contribution in [0.3, 0.4) is 0 Å². The number of hydrogen-bond acceptors (Lipinski definition) is 4. The summed E-state index contributed by atoms with van der Waals surface area (Å²) in [5.74, 6) is 0. The molecule has 7 heteroatoms. The van der Waals surface area contributed by atoms with Gasteiger partial charge < -0.3 is 4.74 Å². The van der Waals surface area contributed by atoms with E-state index in [1.165, 1.54) is 6.20 Å². The summed E-state index contributed by atoms with van der Waals surface area (Å²) in [6.07, 6.45) is 2.94. The van der Waals surface area contributed by atoms with E-state index in [-0.39, 0.29) is 10.3 Å². The van der Waals surface area contributed by atoms with Crippen molar-refractivity contribution in [2.75, 3.05) is 19.8 Å². The zero-order valence-electron chi connectivity index (χ0n) is 13.1. The Bertz CT molecular complexity index is 750. The van der Waals surface area contributed by atoms with Gasteiger partial charge in [-0.15, -0.1) is 0 Å². The van der Waals surface area contributed by atoms with Crippen LogP contribution in [0.25, 0.3) is 0 Å². The first-order valence-electron chi connectivity index (χ1n) is 7.66. The fourth-order valence-electron chi connectivity index (χ4n) is 3.04. The monoisotopic (exact) mass is 335 g/mol. The molecule has 0 unspecified atom stereocenters. The van der Waals surface area contributed by atoms with Crippen LogP contribution in [0.5, 0.6) is 0 Å². The molecule has 0 bridgehead atoms. The summed E-state index contributed by atoms with van der Waals surface area (Å²) >= 11 is 0. The molecule has 1 aromatic heterocycles. The lowest BCUT2D eigenvalue weighted by molar-refractivity contribution is 0.0517. The highest BCUT2D eigenvalue weighted by Crippen LogP contribution is 2.34. The van der Waals surface area contributed by atoms with Crippen LogP contribution < -0.4 is 4.72 Å². The molecule has 0 aliphatic carbocycles. The molecule has 0 saturated carbocycles. The van der Waals surface area contributed by atoms with Crippen molar-refractivity contribution in [3.8, 4) is 0 Å². The van der Waals surface area contributed by atoms with Gasteiger partial charge in [-0.05, 0) is 25.3 Å². The van der Waals surface area contributed by atoms with Crippen LogP contribution in [0.4, 0.5) is 0 Å². The zero-order chi connectivity index (χ0) is 16.3. The summed E-state index contributed by atoms with van der Waals surface area (Å²) in [6.45, 7) is 3.33. The third-order valence-corrected chi connectivity index (χ3v) is 6.02. The quantitative estimate of drug-likeness (QED) is 0.872. The number of benzene rings is 1. The van der Waals surface area contributed by atoms with E-state index >= 15 is 0 Å². The first-order chi connectivity index (χ1) is 11.0. The average molecular weight is 335 g/mol. The van der Waals surface area contributed by atoms with Crippen molar-refractivity contribution >= 4 is 10.0 Å². The fourth-order valence-corrected chi connectivity index (χ4v) is 4.30. The maximum Gasteiger partial charge on any atom is 0.243 e. The standard InChI is InChI=1S/C16H21N3O3S/c1-13-15(11-17-19-13)23(20,21)18-12-16(7-9-22-10-8-16)14-5-3-2-4-6-14/h2-6,11,18H,7-10,12H2,1H3,(H,17,19). The first-order valence-corrected chi connectivity index (χ1v) is 9.15. The van der Waals surface area contributed by atoms with Crippen molar-refractivity contribution in [2.45, 2.75) is 30.1 Å². The summed E-state index contributed by atoms with van der Waals surface area (Å²) in [4.78, 5) is 0.202. The summed E-state index contributed by atoms with van der Waals surface area (Å²) in [5.41, 5.74) is 1.46. The Balaban J connectivity index is 1.84. The van der Waals surface area contributed by atoms with E-state index in [0.717, 1.165) is 18.4 Å². The number of nitrogens with one attached hydrogen (secondary N) is 2. The van der Waals surface area contributed by atoms with Crippen molar-refractivity contribution < 1.29 is 13.2 Å². The third kappa shape index (κ3) is 3.31. The van der Waals surface area contributed by atoms with E-state index in [1.54, 1.807) is 6.92 Å². The number of aromatic amines is 1. The molecule has 0 atom stereocenters. The van der Waals surface area contributed by atoms with Gasteiger partial charge in [0.1, 0.15) is 4.90 Å². The third-order valence-electron chi connectivity index (χ3n) is 4.51. The Labute approximate surface area is 136 Å². The molecule has 2 heterocycles. The lowest BCUT2D eigenvalue weighted by Crippen LogP contribution is -2.44. The maximum atomic E-state index is 12.5. The minimum atomic E-state index is -3.58. The van der Waals surface area contributed by atoms with Crippen LogP contribution in [0.1, 0.15) is 24.1 Å². The molecule has 1 fully saturated rings. The van der Waals surface area contributed by atoms with Crippen molar-refractivity contribution in [2.24, 2.45) is 0 Å². The van der Waals surface area contributed by atoms with Crippen LogP contribution in [0.2, 0.25) is 0 Å². The van der Waals surface area contributed by atoms with E-state index in [4.69, 9.17) is 4.74 Å². The van der Waals surface area contributed by atoms with Crippen LogP contribution in [-0.2, 0) is 20.2 Å². The van der Waals surface area contributed by atoms with Crippen LogP contribution >= 0.6 is 0 Å². The second-order valence-corrected chi connectivity index (χ2v) is 7.68. The van der Waals surface area contributed by atoms with Crippen molar-refractivity contribution in [1.82, 2.24) is 14.9 Å². The summed E-state index contributed by atoms with van der Waals surface area (Å²) in [7, 11) is -3.58. The van der Waals surface area contributed by atoms with E-state index in [1.807, 2.05) is 18.2 Å². The fraction of sp³-hybridized carbons (Fsp3) is 0.438. The van der Waals surface area contributed by atoms with Crippen LogP contribution in [0.15, 0.2) is 41.4 Å². The Morgan fingerprint density at radius 2 is 1.96 bits per heavy atom. The summed E-state index contributed by atoms with van der Waals surface area (Å²) in [6, 6.07) is 10.1. The van der Waals surface area contributed by atoms with Gasteiger partial charge in [-0.2, -0.15) is 5.10 Å². The molecule has 6 nitrogen and oxygen atoms in total. The van der Waals surface area contributed by atoms with Gasteiger partial charge in [-0.3, -0.25) is 5.10 Å². The molecule has 0 amide bonds. The Morgan fingerprint density at radius 1 is 1.26 bits per heavy atom.